The van der Waals surface area contributed by atoms with Crippen LogP contribution in [0.5, 0.6) is 0 Å². The summed E-state index contributed by atoms with van der Waals surface area (Å²) in [5.41, 5.74) is 1.50. The van der Waals surface area contributed by atoms with Crippen molar-refractivity contribution in [2.24, 2.45) is 0 Å². The molecule has 0 saturated heterocycles. The lowest BCUT2D eigenvalue weighted by atomic mass is 10.1. The van der Waals surface area contributed by atoms with Gasteiger partial charge in [0.1, 0.15) is 0 Å². The molecule has 3 rings (SSSR count). The summed E-state index contributed by atoms with van der Waals surface area (Å²) in [5.74, 6) is -0.0464. The summed E-state index contributed by atoms with van der Waals surface area (Å²) in [5, 5.41) is 9.55. The van der Waals surface area contributed by atoms with E-state index in [1.807, 2.05) is 48.5 Å². The molecule has 1 aromatic heterocycles. The molecule has 0 spiro atoms. The highest BCUT2D eigenvalue weighted by Gasteiger charge is 2.13. The van der Waals surface area contributed by atoms with Crippen molar-refractivity contribution in [3.05, 3.63) is 66.5 Å². The molecule has 0 N–H and O–H groups in total. The van der Waals surface area contributed by atoms with Crippen molar-refractivity contribution < 1.29 is 4.79 Å². The van der Waals surface area contributed by atoms with Crippen LogP contribution in [-0.2, 0) is 0 Å². The molecule has 1 heterocycles. The lowest BCUT2D eigenvalue weighted by Gasteiger charge is -2.17. The van der Waals surface area contributed by atoms with Crippen LogP contribution in [0.3, 0.4) is 0 Å². The zero-order valence-corrected chi connectivity index (χ0v) is 11.0. The quantitative estimate of drug-likeness (QED) is 0.714. The molecular weight excluding hydrogens is 250 g/mol. The number of anilines is 1. The first-order chi connectivity index (χ1) is 9.75. The Bertz CT molecular complexity index is 756. The maximum Gasteiger partial charge on any atom is 0.258 e. The molecule has 0 unspecified atom stereocenters. The van der Waals surface area contributed by atoms with E-state index in [1.165, 1.54) is 0 Å². The van der Waals surface area contributed by atoms with Gasteiger partial charge in [0.2, 0.25) is 0 Å². The molecule has 0 fully saturated rings. The molecule has 4 heteroatoms. The lowest BCUT2D eigenvalue weighted by Crippen LogP contribution is -2.26. The number of amides is 1. The summed E-state index contributed by atoms with van der Waals surface area (Å²) >= 11 is 0. The fourth-order valence-electron chi connectivity index (χ4n) is 2.09. The molecule has 1 amide bonds. The van der Waals surface area contributed by atoms with Gasteiger partial charge in [0, 0.05) is 29.1 Å². The predicted octanol–water partition coefficient (Wildman–Crippen LogP) is 2.91. The van der Waals surface area contributed by atoms with Crippen LogP contribution in [0.15, 0.2) is 60.9 Å². The van der Waals surface area contributed by atoms with Crippen LogP contribution < -0.4 is 4.90 Å². The standard InChI is InChI=1S/C16H13N3O/c1-19(15-5-3-2-4-6-15)16(20)12-7-8-13-10-17-18-11-14(13)9-12/h2-11H,1H3. The number of nitrogens with zero attached hydrogens (tertiary/aromatic N) is 3. The maximum atomic E-state index is 12.5. The molecule has 0 aliphatic carbocycles. The first-order valence-corrected chi connectivity index (χ1v) is 6.29. The minimum atomic E-state index is -0.0464. The van der Waals surface area contributed by atoms with E-state index in [0.717, 1.165) is 16.5 Å². The van der Waals surface area contributed by atoms with Crippen LogP contribution in [0.2, 0.25) is 0 Å². The molecular formula is C16H13N3O. The third kappa shape index (κ3) is 2.23. The summed E-state index contributed by atoms with van der Waals surface area (Å²) in [6.07, 6.45) is 3.35. The summed E-state index contributed by atoms with van der Waals surface area (Å²) in [6.45, 7) is 0. The van der Waals surface area contributed by atoms with E-state index >= 15 is 0 Å². The van der Waals surface area contributed by atoms with E-state index in [9.17, 15) is 4.79 Å². The maximum absolute atomic E-state index is 12.5. The molecule has 2 aromatic carbocycles. The highest BCUT2D eigenvalue weighted by atomic mass is 16.2. The van der Waals surface area contributed by atoms with Gasteiger partial charge in [0.25, 0.3) is 5.91 Å². The van der Waals surface area contributed by atoms with Crippen molar-refractivity contribution in [1.82, 2.24) is 10.2 Å². The highest BCUT2D eigenvalue weighted by molar-refractivity contribution is 6.07. The van der Waals surface area contributed by atoms with Crippen molar-refractivity contribution >= 4 is 22.4 Å². The van der Waals surface area contributed by atoms with E-state index in [-0.39, 0.29) is 5.91 Å². The summed E-state index contributed by atoms with van der Waals surface area (Å²) in [7, 11) is 1.77. The van der Waals surface area contributed by atoms with Crippen LogP contribution in [-0.4, -0.2) is 23.2 Å². The normalized spacial score (nSPS) is 10.4. The number of carbonyl (C=O) groups is 1. The molecule has 98 valence electrons. The van der Waals surface area contributed by atoms with E-state index in [2.05, 4.69) is 10.2 Å². The smallest absolute Gasteiger partial charge is 0.258 e. The Balaban J connectivity index is 1.96. The van der Waals surface area contributed by atoms with Crippen LogP contribution in [0.25, 0.3) is 10.8 Å². The van der Waals surface area contributed by atoms with Crippen LogP contribution in [0.4, 0.5) is 5.69 Å². The van der Waals surface area contributed by atoms with Gasteiger partial charge >= 0.3 is 0 Å². The Morgan fingerprint density at radius 1 is 0.950 bits per heavy atom. The summed E-state index contributed by atoms with van der Waals surface area (Å²) < 4.78 is 0. The summed E-state index contributed by atoms with van der Waals surface area (Å²) in [4.78, 5) is 14.1. The minimum Gasteiger partial charge on any atom is -0.311 e. The molecule has 20 heavy (non-hydrogen) atoms. The monoisotopic (exact) mass is 263 g/mol. The van der Waals surface area contributed by atoms with Crippen molar-refractivity contribution in [2.45, 2.75) is 0 Å². The van der Waals surface area contributed by atoms with E-state index in [4.69, 9.17) is 0 Å². The van der Waals surface area contributed by atoms with Crippen molar-refractivity contribution in [3.8, 4) is 0 Å². The van der Waals surface area contributed by atoms with Gasteiger partial charge < -0.3 is 4.90 Å². The van der Waals surface area contributed by atoms with Crippen molar-refractivity contribution in [1.29, 1.82) is 0 Å². The second-order valence-electron chi connectivity index (χ2n) is 4.53. The van der Waals surface area contributed by atoms with Crippen molar-refractivity contribution in [2.75, 3.05) is 11.9 Å². The van der Waals surface area contributed by atoms with Gasteiger partial charge in [0.15, 0.2) is 0 Å². The second-order valence-corrected chi connectivity index (χ2v) is 4.53. The zero-order valence-electron chi connectivity index (χ0n) is 11.0. The van der Waals surface area contributed by atoms with Gasteiger partial charge in [-0.25, -0.2) is 0 Å². The highest BCUT2D eigenvalue weighted by Crippen LogP contribution is 2.18. The average molecular weight is 263 g/mol. The van der Waals surface area contributed by atoms with E-state index in [1.54, 1.807) is 24.3 Å². The first-order valence-electron chi connectivity index (χ1n) is 6.29. The van der Waals surface area contributed by atoms with Gasteiger partial charge in [0.05, 0.1) is 12.4 Å². The van der Waals surface area contributed by atoms with Crippen LogP contribution in [0, 0.1) is 0 Å². The molecule has 0 aliphatic rings. The molecule has 4 nitrogen and oxygen atoms in total. The Kier molecular flexibility index (Phi) is 3.13. The number of aromatic nitrogens is 2. The number of carbonyl (C=O) groups excluding carboxylic acids is 1. The Morgan fingerprint density at radius 3 is 2.40 bits per heavy atom. The average Bonchev–Trinajstić information content (AvgIpc) is 2.54. The lowest BCUT2D eigenvalue weighted by molar-refractivity contribution is 0.0993. The fraction of sp³-hybridized carbons (Fsp3) is 0.0625. The second kappa shape index (κ2) is 5.09. The largest absolute Gasteiger partial charge is 0.311 e. The first kappa shape index (κ1) is 12.3. The van der Waals surface area contributed by atoms with E-state index < -0.39 is 0 Å². The van der Waals surface area contributed by atoms with Crippen molar-refractivity contribution in [3.63, 3.8) is 0 Å². The van der Waals surface area contributed by atoms with Gasteiger partial charge in [-0.1, -0.05) is 24.3 Å². The number of rotatable bonds is 2. The fourth-order valence-corrected chi connectivity index (χ4v) is 2.09. The molecule has 0 atom stereocenters. The predicted molar refractivity (Wildman–Crippen MR) is 78.7 cm³/mol. The molecule has 0 bridgehead atoms. The van der Waals surface area contributed by atoms with Gasteiger partial charge in [-0.2, -0.15) is 10.2 Å². The topological polar surface area (TPSA) is 46.1 Å². The SMILES string of the molecule is CN(C(=O)c1ccc2cnncc2c1)c1ccccc1. The number of benzene rings is 2. The molecule has 0 radical (unpaired) electrons. The minimum absolute atomic E-state index is 0.0464. The molecule has 0 saturated carbocycles. The zero-order chi connectivity index (χ0) is 13.9. The van der Waals surface area contributed by atoms with Gasteiger partial charge in [-0.3, -0.25) is 4.79 Å². The molecule has 3 aromatic rings. The number of para-hydroxylation sites is 1. The third-order valence-corrected chi connectivity index (χ3v) is 3.24. The van der Waals surface area contributed by atoms with Gasteiger partial charge in [-0.05, 0) is 24.3 Å². The Labute approximate surface area is 116 Å². The Morgan fingerprint density at radius 2 is 1.65 bits per heavy atom. The number of fused-ring (bicyclic) bond motifs is 1. The molecule has 0 aliphatic heterocycles. The summed E-state index contributed by atoms with van der Waals surface area (Å²) in [6, 6.07) is 15.1. The van der Waals surface area contributed by atoms with Crippen LogP contribution in [0.1, 0.15) is 10.4 Å². The Hall–Kier alpha value is -2.75. The number of hydrogen-bond acceptors (Lipinski definition) is 3. The third-order valence-electron chi connectivity index (χ3n) is 3.24. The van der Waals surface area contributed by atoms with Gasteiger partial charge in [-0.15, -0.1) is 0 Å². The number of hydrogen-bond donors (Lipinski definition) is 0. The van der Waals surface area contributed by atoms with E-state index in [0.29, 0.717) is 5.56 Å². The van der Waals surface area contributed by atoms with Crippen LogP contribution >= 0.6 is 0 Å².